The van der Waals surface area contributed by atoms with Crippen LogP contribution in [0.25, 0.3) is 11.0 Å². The smallest absolute Gasteiger partial charge is 0.221 e. The van der Waals surface area contributed by atoms with Crippen LogP contribution >= 0.6 is 0 Å². The molecule has 3 N–H and O–H groups in total. The summed E-state index contributed by atoms with van der Waals surface area (Å²) in [6.45, 7) is 3.80. The lowest BCUT2D eigenvalue weighted by atomic mass is 10.3. The molecule has 5 heteroatoms. The van der Waals surface area contributed by atoms with Crippen molar-refractivity contribution in [3.8, 4) is 0 Å². The number of hydrogen-bond donors (Lipinski definition) is 2. The summed E-state index contributed by atoms with van der Waals surface area (Å²) in [7, 11) is 0. The number of nitrogens with zero attached hydrogens (tertiary/aromatic N) is 2. The van der Waals surface area contributed by atoms with Crippen LogP contribution in [-0.2, 0) is 17.8 Å². The van der Waals surface area contributed by atoms with Gasteiger partial charge in [-0.15, -0.1) is 0 Å². The highest BCUT2D eigenvalue weighted by Crippen LogP contribution is 2.17. The second kappa shape index (κ2) is 7.05. The van der Waals surface area contributed by atoms with Crippen LogP contribution in [0.2, 0.25) is 0 Å². The summed E-state index contributed by atoms with van der Waals surface area (Å²) in [5.41, 5.74) is 7.47. The summed E-state index contributed by atoms with van der Waals surface area (Å²) in [5, 5.41) is 2.80. The Balaban J connectivity index is 2.14. The number of nitrogens with one attached hydrogen (secondary N) is 1. The molecule has 1 aromatic heterocycles. The highest BCUT2D eigenvalue weighted by molar-refractivity contribution is 5.78. The third kappa shape index (κ3) is 3.36. The van der Waals surface area contributed by atoms with Crippen LogP contribution in [-0.4, -0.2) is 28.5 Å². The van der Waals surface area contributed by atoms with Gasteiger partial charge in [0.05, 0.1) is 11.0 Å². The van der Waals surface area contributed by atoms with Gasteiger partial charge in [0.1, 0.15) is 5.82 Å². The number of hydrogen-bond acceptors (Lipinski definition) is 3. The molecule has 20 heavy (non-hydrogen) atoms. The first kappa shape index (κ1) is 14.5. The summed E-state index contributed by atoms with van der Waals surface area (Å²) < 4.78 is 2.15. The molecular weight excluding hydrogens is 252 g/mol. The predicted octanol–water partition coefficient (Wildman–Crippen LogP) is 1.45. The van der Waals surface area contributed by atoms with Gasteiger partial charge in [-0.2, -0.15) is 0 Å². The van der Waals surface area contributed by atoms with Gasteiger partial charge in [0.15, 0.2) is 0 Å². The number of imidazole rings is 1. The van der Waals surface area contributed by atoms with E-state index in [0.717, 1.165) is 29.7 Å². The Morgan fingerprint density at radius 1 is 1.40 bits per heavy atom. The Bertz CT molecular complexity index is 576. The van der Waals surface area contributed by atoms with E-state index in [0.29, 0.717) is 26.1 Å². The third-order valence-corrected chi connectivity index (χ3v) is 3.24. The molecule has 0 spiro atoms. The van der Waals surface area contributed by atoms with E-state index in [9.17, 15) is 4.79 Å². The minimum atomic E-state index is 0.0377. The number of para-hydroxylation sites is 2. The van der Waals surface area contributed by atoms with Gasteiger partial charge in [0.25, 0.3) is 0 Å². The fourth-order valence-corrected chi connectivity index (χ4v) is 2.30. The highest BCUT2D eigenvalue weighted by atomic mass is 16.1. The molecule has 2 rings (SSSR count). The molecule has 0 unspecified atom stereocenters. The predicted molar refractivity (Wildman–Crippen MR) is 80.4 cm³/mol. The summed E-state index contributed by atoms with van der Waals surface area (Å²) in [4.78, 5) is 16.4. The summed E-state index contributed by atoms with van der Waals surface area (Å²) in [6.07, 6.45) is 2.43. The Hall–Kier alpha value is -1.88. The molecule has 0 aliphatic carbocycles. The van der Waals surface area contributed by atoms with Crippen LogP contribution in [0.1, 0.15) is 25.6 Å². The monoisotopic (exact) mass is 274 g/mol. The molecule has 0 bridgehead atoms. The van der Waals surface area contributed by atoms with Crippen LogP contribution in [0.3, 0.4) is 0 Å². The van der Waals surface area contributed by atoms with Gasteiger partial charge < -0.3 is 15.6 Å². The molecule has 1 amide bonds. The van der Waals surface area contributed by atoms with E-state index in [1.165, 1.54) is 0 Å². The van der Waals surface area contributed by atoms with E-state index in [4.69, 9.17) is 5.73 Å². The molecule has 1 aromatic carbocycles. The quantitative estimate of drug-likeness (QED) is 0.802. The van der Waals surface area contributed by atoms with Crippen molar-refractivity contribution >= 4 is 16.9 Å². The molecule has 5 nitrogen and oxygen atoms in total. The van der Waals surface area contributed by atoms with Crippen LogP contribution < -0.4 is 11.1 Å². The molecule has 0 atom stereocenters. The minimum Gasteiger partial charge on any atom is -0.355 e. The number of carbonyl (C=O) groups is 1. The Morgan fingerprint density at radius 3 is 2.95 bits per heavy atom. The van der Waals surface area contributed by atoms with E-state index in [2.05, 4.69) is 27.9 Å². The topological polar surface area (TPSA) is 72.9 Å². The van der Waals surface area contributed by atoms with Gasteiger partial charge >= 0.3 is 0 Å². The van der Waals surface area contributed by atoms with Crippen molar-refractivity contribution in [2.75, 3.05) is 13.1 Å². The first-order valence-electron chi connectivity index (χ1n) is 7.17. The van der Waals surface area contributed by atoms with Gasteiger partial charge in [-0.05, 0) is 18.6 Å². The molecule has 2 aromatic rings. The number of benzene rings is 1. The average molecular weight is 274 g/mol. The van der Waals surface area contributed by atoms with Gasteiger partial charge in [-0.25, -0.2) is 4.98 Å². The molecule has 108 valence electrons. The van der Waals surface area contributed by atoms with Gasteiger partial charge in [-0.1, -0.05) is 19.1 Å². The van der Waals surface area contributed by atoms with Crippen molar-refractivity contribution < 1.29 is 4.79 Å². The molecule has 0 saturated heterocycles. The molecule has 0 fully saturated rings. The lowest BCUT2D eigenvalue weighted by molar-refractivity contribution is -0.121. The fourth-order valence-electron chi connectivity index (χ4n) is 2.30. The van der Waals surface area contributed by atoms with E-state index < -0.39 is 0 Å². The molecule has 0 radical (unpaired) electrons. The first-order valence-corrected chi connectivity index (χ1v) is 7.17. The lowest BCUT2D eigenvalue weighted by Crippen LogP contribution is -2.29. The Morgan fingerprint density at radius 2 is 2.20 bits per heavy atom. The average Bonchev–Trinajstić information content (AvgIpc) is 2.81. The lowest BCUT2D eigenvalue weighted by Gasteiger charge is -2.09. The van der Waals surface area contributed by atoms with Crippen molar-refractivity contribution in [3.05, 3.63) is 30.1 Å². The first-order chi connectivity index (χ1) is 9.76. The molecule has 0 aliphatic rings. The maximum absolute atomic E-state index is 11.7. The van der Waals surface area contributed by atoms with Crippen molar-refractivity contribution in [1.29, 1.82) is 0 Å². The van der Waals surface area contributed by atoms with Crippen LogP contribution in [0.5, 0.6) is 0 Å². The summed E-state index contributed by atoms with van der Waals surface area (Å²) in [5.74, 6) is 1.09. The number of aromatic nitrogens is 2. The molecule has 1 heterocycles. The van der Waals surface area contributed by atoms with E-state index in [1.54, 1.807) is 0 Å². The van der Waals surface area contributed by atoms with E-state index >= 15 is 0 Å². The van der Waals surface area contributed by atoms with Crippen molar-refractivity contribution in [1.82, 2.24) is 14.9 Å². The SMILES string of the molecule is CCCc1nc2ccccc2n1CCC(=O)NCCN. The van der Waals surface area contributed by atoms with Gasteiger partial charge in [0.2, 0.25) is 5.91 Å². The fraction of sp³-hybridized carbons (Fsp3) is 0.467. The van der Waals surface area contributed by atoms with Crippen LogP contribution in [0.15, 0.2) is 24.3 Å². The second-order valence-corrected chi connectivity index (χ2v) is 4.81. The molecule has 0 saturated carbocycles. The maximum atomic E-state index is 11.7. The van der Waals surface area contributed by atoms with Crippen molar-refractivity contribution in [3.63, 3.8) is 0 Å². The number of fused-ring (bicyclic) bond motifs is 1. The van der Waals surface area contributed by atoms with Crippen LogP contribution in [0.4, 0.5) is 0 Å². The third-order valence-electron chi connectivity index (χ3n) is 3.24. The van der Waals surface area contributed by atoms with Crippen molar-refractivity contribution in [2.24, 2.45) is 5.73 Å². The zero-order valence-electron chi connectivity index (χ0n) is 11.9. The largest absolute Gasteiger partial charge is 0.355 e. The molecule has 0 aliphatic heterocycles. The standard InChI is InChI=1S/C15H22N4O/c1-2-5-14-18-12-6-3-4-7-13(12)19(14)11-8-15(20)17-10-9-16/h3-4,6-7H,2,5,8-11,16H2,1H3,(H,17,20). The number of amides is 1. The minimum absolute atomic E-state index is 0.0377. The van der Waals surface area contributed by atoms with Crippen molar-refractivity contribution in [2.45, 2.75) is 32.7 Å². The van der Waals surface area contributed by atoms with E-state index in [1.807, 2.05) is 18.2 Å². The Kier molecular flexibility index (Phi) is 5.12. The number of nitrogens with two attached hydrogens (primary N) is 1. The molecular formula is C15H22N4O. The zero-order chi connectivity index (χ0) is 14.4. The number of aryl methyl sites for hydroxylation is 2. The number of carbonyl (C=O) groups excluding carboxylic acids is 1. The summed E-state index contributed by atoms with van der Waals surface area (Å²) in [6, 6.07) is 8.06. The van der Waals surface area contributed by atoms with Gasteiger partial charge in [-0.3, -0.25) is 4.79 Å². The zero-order valence-corrected chi connectivity index (χ0v) is 11.9. The second-order valence-electron chi connectivity index (χ2n) is 4.81. The normalized spacial score (nSPS) is 10.9. The highest BCUT2D eigenvalue weighted by Gasteiger charge is 2.10. The summed E-state index contributed by atoms with van der Waals surface area (Å²) >= 11 is 0. The van der Waals surface area contributed by atoms with E-state index in [-0.39, 0.29) is 5.91 Å². The Labute approximate surface area is 119 Å². The number of rotatable bonds is 7. The van der Waals surface area contributed by atoms with Crippen LogP contribution in [0, 0.1) is 0 Å². The van der Waals surface area contributed by atoms with Gasteiger partial charge in [0, 0.05) is 32.5 Å². The maximum Gasteiger partial charge on any atom is 0.221 e.